The third kappa shape index (κ3) is 3.30. The van der Waals surface area contributed by atoms with E-state index in [1.54, 1.807) is 0 Å². The summed E-state index contributed by atoms with van der Waals surface area (Å²) in [6.45, 7) is 3.76. The van der Waals surface area contributed by atoms with E-state index < -0.39 is 0 Å². The maximum absolute atomic E-state index is 5.67. The van der Waals surface area contributed by atoms with Crippen molar-refractivity contribution in [1.82, 2.24) is 14.9 Å². The predicted molar refractivity (Wildman–Crippen MR) is 70.3 cm³/mol. The fourth-order valence-electron chi connectivity index (χ4n) is 2.32. The van der Waals surface area contributed by atoms with Crippen LogP contribution in [-0.4, -0.2) is 41.1 Å². The van der Waals surface area contributed by atoms with Gasteiger partial charge in [-0.1, -0.05) is 0 Å². The first-order chi connectivity index (χ1) is 8.69. The molecule has 1 fully saturated rings. The minimum atomic E-state index is 0.392. The van der Waals surface area contributed by atoms with Crippen molar-refractivity contribution in [1.29, 1.82) is 0 Å². The van der Waals surface area contributed by atoms with Crippen molar-refractivity contribution in [2.75, 3.05) is 25.6 Å². The minimum absolute atomic E-state index is 0.392. The zero-order valence-corrected chi connectivity index (χ0v) is 11.0. The average molecular weight is 251 g/mol. The van der Waals surface area contributed by atoms with Crippen LogP contribution in [0.3, 0.4) is 0 Å². The number of hydrazine groups is 1. The molecular weight excluding hydrogens is 230 g/mol. The van der Waals surface area contributed by atoms with Gasteiger partial charge >= 0.3 is 0 Å². The van der Waals surface area contributed by atoms with Crippen molar-refractivity contribution in [3.8, 4) is 5.88 Å². The molecule has 1 aromatic heterocycles. The fraction of sp³-hybridized carbons (Fsp3) is 0.667. The van der Waals surface area contributed by atoms with Crippen LogP contribution < -0.4 is 16.0 Å². The van der Waals surface area contributed by atoms with Crippen LogP contribution in [0.15, 0.2) is 6.07 Å². The Morgan fingerprint density at radius 2 is 2.39 bits per heavy atom. The van der Waals surface area contributed by atoms with Crippen molar-refractivity contribution < 1.29 is 4.74 Å². The highest BCUT2D eigenvalue weighted by atomic mass is 16.5. The quantitative estimate of drug-likeness (QED) is 0.599. The van der Waals surface area contributed by atoms with E-state index in [2.05, 4.69) is 27.3 Å². The standard InChI is InChI=1S/C12H21N5O/c1-9-8-11(15-12(14-9)16-13)18-7-5-10-4-3-6-17(10)2/h8,10H,3-7,13H2,1-2H3,(H,14,15,16). The van der Waals surface area contributed by atoms with Crippen LogP contribution in [0, 0.1) is 6.92 Å². The fourth-order valence-corrected chi connectivity index (χ4v) is 2.32. The number of aryl methyl sites for hydroxylation is 1. The number of anilines is 1. The Morgan fingerprint density at radius 1 is 1.56 bits per heavy atom. The number of nitrogens with one attached hydrogen (secondary N) is 1. The van der Waals surface area contributed by atoms with Crippen molar-refractivity contribution in [3.63, 3.8) is 0 Å². The van der Waals surface area contributed by atoms with Crippen LogP contribution >= 0.6 is 0 Å². The number of likely N-dealkylation sites (tertiary alicyclic amines) is 1. The molecular formula is C12H21N5O. The molecule has 0 saturated carbocycles. The van der Waals surface area contributed by atoms with E-state index in [4.69, 9.17) is 10.6 Å². The molecule has 1 atom stereocenters. The summed E-state index contributed by atoms with van der Waals surface area (Å²) >= 11 is 0. The molecule has 6 nitrogen and oxygen atoms in total. The van der Waals surface area contributed by atoms with Gasteiger partial charge in [-0.05, 0) is 39.8 Å². The van der Waals surface area contributed by atoms with Gasteiger partial charge in [0.05, 0.1) is 6.61 Å². The second kappa shape index (κ2) is 5.97. The summed E-state index contributed by atoms with van der Waals surface area (Å²) in [7, 11) is 2.17. The van der Waals surface area contributed by atoms with Gasteiger partial charge in [0, 0.05) is 17.8 Å². The maximum atomic E-state index is 5.67. The molecule has 0 aromatic carbocycles. The number of aromatic nitrogens is 2. The molecule has 6 heteroatoms. The first-order valence-corrected chi connectivity index (χ1v) is 6.34. The van der Waals surface area contributed by atoms with Gasteiger partial charge in [0.2, 0.25) is 11.8 Å². The zero-order chi connectivity index (χ0) is 13.0. The van der Waals surface area contributed by atoms with Crippen molar-refractivity contribution in [2.45, 2.75) is 32.2 Å². The molecule has 0 bridgehead atoms. The average Bonchev–Trinajstić information content (AvgIpc) is 2.74. The third-order valence-electron chi connectivity index (χ3n) is 3.33. The van der Waals surface area contributed by atoms with E-state index in [-0.39, 0.29) is 0 Å². The van der Waals surface area contributed by atoms with E-state index in [1.165, 1.54) is 19.4 Å². The van der Waals surface area contributed by atoms with Crippen LogP contribution in [0.2, 0.25) is 0 Å². The molecule has 100 valence electrons. The van der Waals surface area contributed by atoms with Crippen molar-refractivity contribution in [2.24, 2.45) is 5.84 Å². The van der Waals surface area contributed by atoms with Crippen LogP contribution in [-0.2, 0) is 0 Å². The van der Waals surface area contributed by atoms with Crippen LogP contribution in [0.5, 0.6) is 5.88 Å². The number of ether oxygens (including phenoxy) is 1. The summed E-state index contributed by atoms with van der Waals surface area (Å²) in [5.74, 6) is 6.27. The largest absolute Gasteiger partial charge is 0.477 e. The Balaban J connectivity index is 1.84. The Hall–Kier alpha value is -1.40. The molecule has 0 aliphatic carbocycles. The Labute approximate surface area is 108 Å². The lowest BCUT2D eigenvalue weighted by Crippen LogP contribution is -2.26. The maximum Gasteiger partial charge on any atom is 0.240 e. The summed E-state index contributed by atoms with van der Waals surface area (Å²) in [6.07, 6.45) is 3.58. The second-order valence-electron chi connectivity index (χ2n) is 4.73. The van der Waals surface area contributed by atoms with E-state index in [0.29, 0.717) is 24.5 Å². The highest BCUT2D eigenvalue weighted by molar-refractivity contribution is 5.28. The van der Waals surface area contributed by atoms with Gasteiger partial charge in [-0.25, -0.2) is 10.8 Å². The summed E-state index contributed by atoms with van der Waals surface area (Å²) in [5, 5.41) is 0. The Morgan fingerprint density at radius 3 is 3.06 bits per heavy atom. The highest BCUT2D eigenvalue weighted by Gasteiger charge is 2.20. The van der Waals surface area contributed by atoms with Gasteiger partial charge in [0.25, 0.3) is 0 Å². The predicted octanol–water partition coefficient (Wildman–Crippen LogP) is 0.934. The summed E-state index contributed by atoms with van der Waals surface area (Å²) < 4.78 is 5.67. The summed E-state index contributed by atoms with van der Waals surface area (Å²) in [4.78, 5) is 10.7. The first kappa shape index (κ1) is 13.0. The lowest BCUT2D eigenvalue weighted by atomic mass is 10.1. The van der Waals surface area contributed by atoms with Crippen LogP contribution in [0.25, 0.3) is 0 Å². The summed E-state index contributed by atoms with van der Waals surface area (Å²) in [6, 6.07) is 2.46. The number of nitrogen functional groups attached to an aromatic ring is 1. The Bertz CT molecular complexity index is 398. The lowest BCUT2D eigenvalue weighted by Gasteiger charge is -2.19. The van der Waals surface area contributed by atoms with Gasteiger partial charge < -0.3 is 9.64 Å². The van der Waals surface area contributed by atoms with Gasteiger partial charge in [-0.2, -0.15) is 4.98 Å². The molecule has 1 aliphatic heterocycles. The molecule has 18 heavy (non-hydrogen) atoms. The lowest BCUT2D eigenvalue weighted by molar-refractivity contribution is 0.228. The molecule has 1 unspecified atom stereocenters. The normalized spacial score (nSPS) is 20.1. The molecule has 2 rings (SSSR count). The molecule has 2 heterocycles. The molecule has 1 aromatic rings. The number of nitrogens with two attached hydrogens (primary N) is 1. The molecule has 1 saturated heterocycles. The third-order valence-corrected chi connectivity index (χ3v) is 3.33. The number of nitrogens with zero attached hydrogens (tertiary/aromatic N) is 3. The van der Waals surface area contributed by atoms with E-state index >= 15 is 0 Å². The monoisotopic (exact) mass is 251 g/mol. The first-order valence-electron chi connectivity index (χ1n) is 6.34. The number of rotatable bonds is 5. The SMILES string of the molecule is Cc1cc(OCCC2CCCN2C)nc(NN)n1. The number of hydrogen-bond donors (Lipinski definition) is 2. The van der Waals surface area contributed by atoms with Crippen LogP contribution in [0.4, 0.5) is 5.95 Å². The van der Waals surface area contributed by atoms with Gasteiger partial charge in [-0.15, -0.1) is 0 Å². The summed E-state index contributed by atoms with van der Waals surface area (Å²) in [5.41, 5.74) is 3.28. The number of hydrogen-bond acceptors (Lipinski definition) is 6. The molecule has 0 spiro atoms. The minimum Gasteiger partial charge on any atom is -0.477 e. The molecule has 0 radical (unpaired) electrons. The van der Waals surface area contributed by atoms with Gasteiger partial charge in [-0.3, -0.25) is 5.43 Å². The highest BCUT2D eigenvalue weighted by Crippen LogP contribution is 2.18. The van der Waals surface area contributed by atoms with Crippen LogP contribution in [0.1, 0.15) is 25.0 Å². The molecule has 3 N–H and O–H groups in total. The zero-order valence-electron chi connectivity index (χ0n) is 11.0. The molecule has 0 amide bonds. The van der Waals surface area contributed by atoms with Crippen molar-refractivity contribution >= 4 is 5.95 Å². The van der Waals surface area contributed by atoms with Crippen molar-refractivity contribution in [3.05, 3.63) is 11.8 Å². The van der Waals surface area contributed by atoms with E-state index in [9.17, 15) is 0 Å². The smallest absolute Gasteiger partial charge is 0.240 e. The molecule has 1 aliphatic rings. The van der Waals surface area contributed by atoms with E-state index in [0.717, 1.165) is 12.1 Å². The Kier molecular flexibility index (Phi) is 4.33. The second-order valence-corrected chi connectivity index (χ2v) is 4.73. The topological polar surface area (TPSA) is 76.3 Å². The van der Waals surface area contributed by atoms with Gasteiger partial charge in [0.1, 0.15) is 0 Å². The van der Waals surface area contributed by atoms with E-state index in [1.807, 2.05) is 13.0 Å². The van der Waals surface area contributed by atoms with Gasteiger partial charge in [0.15, 0.2) is 0 Å².